The Morgan fingerprint density at radius 3 is 2.83 bits per heavy atom. The number of amides is 1. The van der Waals surface area contributed by atoms with Gasteiger partial charge < -0.3 is 29.4 Å². The van der Waals surface area contributed by atoms with Crippen molar-refractivity contribution in [3.8, 4) is 11.5 Å². The molecule has 1 saturated heterocycles. The number of nitrogens with zero attached hydrogens (tertiary/aromatic N) is 5. The molecule has 0 radical (unpaired) electrons. The SMILES string of the molecule is CC(C)(C)OC(=O)N1CCC[C@@H](CCn2c(Sc3cc4c(cc3Br)OCO4)nc3c(N)ncnc32)C1. The number of anilines is 1. The normalized spacial score (nSPS) is 17.6. The van der Waals surface area contributed by atoms with E-state index in [0.29, 0.717) is 47.5 Å². The molecular formula is C24H29BrN6O4S. The van der Waals surface area contributed by atoms with Crippen molar-refractivity contribution in [2.24, 2.45) is 5.92 Å². The van der Waals surface area contributed by atoms with E-state index in [1.54, 1.807) is 0 Å². The monoisotopic (exact) mass is 576 g/mol. The lowest BCUT2D eigenvalue weighted by Crippen LogP contribution is -2.43. The van der Waals surface area contributed by atoms with Crippen LogP contribution in [-0.2, 0) is 11.3 Å². The molecule has 0 bridgehead atoms. The van der Waals surface area contributed by atoms with E-state index in [4.69, 9.17) is 24.9 Å². The van der Waals surface area contributed by atoms with Crippen molar-refractivity contribution >= 4 is 50.8 Å². The summed E-state index contributed by atoms with van der Waals surface area (Å²) in [7, 11) is 0. The van der Waals surface area contributed by atoms with Crippen molar-refractivity contribution in [3.63, 3.8) is 0 Å². The topological polar surface area (TPSA) is 118 Å². The predicted octanol–water partition coefficient (Wildman–Crippen LogP) is 5.09. The summed E-state index contributed by atoms with van der Waals surface area (Å²) >= 11 is 5.14. The van der Waals surface area contributed by atoms with Crippen molar-refractivity contribution in [1.82, 2.24) is 24.4 Å². The first-order valence-electron chi connectivity index (χ1n) is 11.9. The maximum absolute atomic E-state index is 12.6. The minimum absolute atomic E-state index is 0.211. The molecule has 36 heavy (non-hydrogen) atoms. The van der Waals surface area contributed by atoms with Crippen LogP contribution in [0.4, 0.5) is 10.6 Å². The van der Waals surface area contributed by atoms with Gasteiger partial charge >= 0.3 is 6.09 Å². The van der Waals surface area contributed by atoms with Crippen LogP contribution in [0.3, 0.4) is 0 Å². The van der Waals surface area contributed by atoms with E-state index in [-0.39, 0.29) is 12.9 Å². The highest BCUT2D eigenvalue weighted by Gasteiger charge is 2.28. The molecule has 5 rings (SSSR count). The number of likely N-dealkylation sites (tertiary alicyclic amines) is 1. The molecule has 1 amide bonds. The van der Waals surface area contributed by atoms with Crippen LogP contribution in [0.5, 0.6) is 11.5 Å². The molecule has 0 saturated carbocycles. The molecule has 192 valence electrons. The van der Waals surface area contributed by atoms with Crippen molar-refractivity contribution in [3.05, 3.63) is 22.9 Å². The van der Waals surface area contributed by atoms with Gasteiger partial charge in [0.25, 0.3) is 0 Å². The fourth-order valence-electron chi connectivity index (χ4n) is 4.39. The molecule has 0 spiro atoms. The van der Waals surface area contributed by atoms with Gasteiger partial charge in [-0.25, -0.2) is 19.7 Å². The Morgan fingerprint density at radius 1 is 1.28 bits per heavy atom. The Balaban J connectivity index is 1.36. The molecule has 4 heterocycles. The molecule has 2 aromatic heterocycles. The number of benzene rings is 1. The zero-order chi connectivity index (χ0) is 25.4. The fourth-order valence-corrected chi connectivity index (χ4v) is 5.90. The summed E-state index contributed by atoms with van der Waals surface area (Å²) in [4.78, 5) is 28.8. The molecule has 1 fully saturated rings. The number of nitrogen functional groups attached to an aromatic ring is 1. The molecular weight excluding hydrogens is 548 g/mol. The number of rotatable bonds is 5. The third kappa shape index (κ3) is 5.34. The van der Waals surface area contributed by atoms with E-state index in [0.717, 1.165) is 40.3 Å². The Labute approximate surface area is 222 Å². The summed E-state index contributed by atoms with van der Waals surface area (Å²) in [6.07, 6.45) is 4.09. The summed E-state index contributed by atoms with van der Waals surface area (Å²) in [6, 6.07) is 3.84. The Bertz CT molecular complexity index is 1290. The maximum atomic E-state index is 12.6. The van der Waals surface area contributed by atoms with Gasteiger partial charge in [0.1, 0.15) is 11.9 Å². The largest absolute Gasteiger partial charge is 0.454 e. The summed E-state index contributed by atoms with van der Waals surface area (Å²) in [5.41, 5.74) is 6.91. The van der Waals surface area contributed by atoms with Gasteiger partial charge in [0.2, 0.25) is 6.79 Å². The second kappa shape index (κ2) is 9.97. The van der Waals surface area contributed by atoms with Gasteiger partial charge in [-0.3, -0.25) is 0 Å². The van der Waals surface area contributed by atoms with Gasteiger partial charge in [-0.2, -0.15) is 0 Å². The Hall–Kier alpha value is -2.73. The Morgan fingerprint density at radius 2 is 2.06 bits per heavy atom. The van der Waals surface area contributed by atoms with Gasteiger partial charge in [0.15, 0.2) is 33.6 Å². The number of aryl methyl sites for hydroxylation is 1. The predicted molar refractivity (Wildman–Crippen MR) is 139 cm³/mol. The minimum atomic E-state index is -0.505. The zero-order valence-corrected chi connectivity index (χ0v) is 22.9. The maximum Gasteiger partial charge on any atom is 0.410 e. The molecule has 0 aliphatic carbocycles. The van der Waals surface area contributed by atoms with E-state index in [2.05, 4.69) is 30.5 Å². The van der Waals surface area contributed by atoms with Crippen LogP contribution in [0, 0.1) is 5.92 Å². The van der Waals surface area contributed by atoms with Crippen molar-refractivity contribution in [1.29, 1.82) is 0 Å². The number of imidazole rings is 1. The number of piperidine rings is 1. The number of halogens is 1. The summed E-state index contributed by atoms with van der Waals surface area (Å²) < 4.78 is 19.6. The average Bonchev–Trinajstić information content (AvgIpc) is 3.41. The molecule has 0 unspecified atom stereocenters. The summed E-state index contributed by atoms with van der Waals surface area (Å²) in [5, 5.41) is 0.761. The lowest BCUT2D eigenvalue weighted by molar-refractivity contribution is 0.0159. The van der Waals surface area contributed by atoms with Crippen LogP contribution >= 0.6 is 27.7 Å². The highest BCUT2D eigenvalue weighted by atomic mass is 79.9. The molecule has 3 aromatic rings. The quantitative estimate of drug-likeness (QED) is 0.443. The van der Waals surface area contributed by atoms with Gasteiger partial charge in [-0.1, -0.05) is 11.8 Å². The number of ether oxygens (including phenoxy) is 3. The highest BCUT2D eigenvalue weighted by Crippen LogP contribution is 2.43. The van der Waals surface area contributed by atoms with Gasteiger partial charge in [-0.05, 0) is 74.0 Å². The molecule has 12 heteroatoms. The van der Waals surface area contributed by atoms with Crippen molar-refractivity contribution in [2.75, 3.05) is 25.6 Å². The zero-order valence-electron chi connectivity index (χ0n) is 20.5. The number of aromatic nitrogens is 4. The van der Waals surface area contributed by atoms with E-state index in [1.165, 1.54) is 18.1 Å². The second-order valence-corrected chi connectivity index (χ2v) is 11.8. The van der Waals surface area contributed by atoms with Gasteiger partial charge in [0.05, 0.1) is 0 Å². The van der Waals surface area contributed by atoms with E-state index in [1.807, 2.05) is 37.8 Å². The van der Waals surface area contributed by atoms with Crippen LogP contribution in [0.1, 0.15) is 40.0 Å². The standard InChI is InChI=1S/C24H29BrN6O4S/c1-24(2,3)35-23(32)30-7-4-5-14(11-30)6-8-31-21-19(20(26)27-12-28-21)29-22(31)36-18-10-17-16(9-15(18)25)33-13-34-17/h9-10,12,14H,4-8,11,13H2,1-3H3,(H2,26,27,28)/t14-/m0/s1. The summed E-state index contributed by atoms with van der Waals surface area (Å²) in [6.45, 7) is 7.97. The van der Waals surface area contributed by atoms with E-state index < -0.39 is 5.60 Å². The van der Waals surface area contributed by atoms with Crippen LogP contribution in [0.2, 0.25) is 0 Å². The molecule has 2 aliphatic heterocycles. The lowest BCUT2D eigenvalue weighted by atomic mass is 9.95. The first-order chi connectivity index (χ1) is 17.2. The molecule has 2 aliphatic rings. The number of hydrogen-bond donors (Lipinski definition) is 1. The molecule has 10 nitrogen and oxygen atoms in total. The molecule has 1 atom stereocenters. The highest BCUT2D eigenvalue weighted by molar-refractivity contribution is 9.10. The van der Waals surface area contributed by atoms with Gasteiger partial charge in [0, 0.05) is 29.0 Å². The van der Waals surface area contributed by atoms with Crippen molar-refractivity contribution < 1.29 is 19.0 Å². The number of fused-ring (bicyclic) bond motifs is 2. The number of carbonyl (C=O) groups excluding carboxylic acids is 1. The van der Waals surface area contributed by atoms with Crippen molar-refractivity contribution in [2.45, 2.75) is 62.2 Å². The van der Waals surface area contributed by atoms with E-state index in [9.17, 15) is 4.79 Å². The second-order valence-electron chi connectivity index (χ2n) is 9.94. The first kappa shape index (κ1) is 24.9. The van der Waals surface area contributed by atoms with Crippen LogP contribution in [0.15, 0.2) is 33.0 Å². The first-order valence-corrected chi connectivity index (χ1v) is 13.5. The van der Waals surface area contributed by atoms with Gasteiger partial charge in [-0.15, -0.1) is 0 Å². The smallest absolute Gasteiger partial charge is 0.410 e. The van der Waals surface area contributed by atoms with Crippen LogP contribution in [-0.4, -0.2) is 56.0 Å². The minimum Gasteiger partial charge on any atom is -0.454 e. The van der Waals surface area contributed by atoms with E-state index >= 15 is 0 Å². The Kier molecular flexibility index (Phi) is 6.90. The number of carbonyl (C=O) groups is 1. The molecule has 1 aromatic carbocycles. The third-order valence-corrected chi connectivity index (χ3v) is 8.06. The van der Waals surface area contributed by atoms with Crippen LogP contribution in [0.25, 0.3) is 11.2 Å². The van der Waals surface area contributed by atoms with Crippen LogP contribution < -0.4 is 15.2 Å². The number of hydrogen-bond acceptors (Lipinski definition) is 9. The average molecular weight is 578 g/mol. The number of nitrogens with two attached hydrogens (primary N) is 1. The lowest BCUT2D eigenvalue weighted by Gasteiger charge is -2.34. The third-order valence-electron chi connectivity index (χ3n) is 6.09. The fraction of sp³-hybridized carbons (Fsp3) is 0.500. The summed E-state index contributed by atoms with van der Waals surface area (Å²) in [5.74, 6) is 2.10. The molecule has 2 N–H and O–H groups in total.